The molecule has 1 aliphatic rings. The van der Waals surface area contributed by atoms with E-state index < -0.39 is 0 Å². The lowest BCUT2D eigenvalue weighted by molar-refractivity contribution is 0.115. The van der Waals surface area contributed by atoms with Gasteiger partial charge in [0.2, 0.25) is 0 Å². The predicted octanol–water partition coefficient (Wildman–Crippen LogP) is 2.09. The molecule has 0 spiro atoms. The first-order valence-electron chi connectivity index (χ1n) is 5.67. The molecule has 0 aromatic carbocycles. The van der Waals surface area contributed by atoms with E-state index in [0.717, 1.165) is 25.5 Å². The summed E-state index contributed by atoms with van der Waals surface area (Å²) < 4.78 is 5.64. The van der Waals surface area contributed by atoms with Crippen molar-refractivity contribution in [3.63, 3.8) is 0 Å². The zero-order chi connectivity index (χ0) is 10.5. The third kappa shape index (κ3) is 2.69. The fraction of sp³-hybridized carbons (Fsp3) is 0.583. The standard InChI is InChI=1S/C12H18N2O/c1-2-14(10-11-6-5-9-15-11)12-7-3-4-8-13-12/h3-4,7-8,11H,2,5-6,9-10H2,1H3. The quantitative estimate of drug-likeness (QED) is 0.754. The Morgan fingerprint density at radius 1 is 1.53 bits per heavy atom. The van der Waals surface area contributed by atoms with Crippen LogP contribution in [0.5, 0.6) is 0 Å². The molecule has 15 heavy (non-hydrogen) atoms. The van der Waals surface area contributed by atoms with E-state index in [1.165, 1.54) is 12.8 Å². The largest absolute Gasteiger partial charge is 0.376 e. The predicted molar refractivity (Wildman–Crippen MR) is 61.1 cm³/mol. The van der Waals surface area contributed by atoms with Gasteiger partial charge >= 0.3 is 0 Å². The van der Waals surface area contributed by atoms with Crippen LogP contribution in [-0.2, 0) is 4.74 Å². The molecule has 0 radical (unpaired) electrons. The van der Waals surface area contributed by atoms with Crippen LogP contribution in [0, 0.1) is 0 Å². The molecule has 2 heterocycles. The molecule has 0 aliphatic carbocycles. The summed E-state index contributed by atoms with van der Waals surface area (Å²) in [6, 6.07) is 6.03. The Kier molecular flexibility index (Phi) is 3.56. The maximum absolute atomic E-state index is 5.64. The van der Waals surface area contributed by atoms with Crippen LogP contribution in [0.3, 0.4) is 0 Å². The minimum atomic E-state index is 0.395. The van der Waals surface area contributed by atoms with Crippen molar-refractivity contribution in [2.75, 3.05) is 24.6 Å². The van der Waals surface area contributed by atoms with Crippen molar-refractivity contribution >= 4 is 5.82 Å². The highest BCUT2D eigenvalue weighted by molar-refractivity contribution is 5.37. The van der Waals surface area contributed by atoms with Gasteiger partial charge in [-0.05, 0) is 31.9 Å². The number of ether oxygens (including phenoxy) is 1. The van der Waals surface area contributed by atoms with Crippen LogP contribution in [-0.4, -0.2) is 30.8 Å². The van der Waals surface area contributed by atoms with Gasteiger partial charge in [0.25, 0.3) is 0 Å². The highest BCUT2D eigenvalue weighted by Crippen LogP contribution is 2.16. The van der Waals surface area contributed by atoms with E-state index in [4.69, 9.17) is 4.74 Å². The second kappa shape index (κ2) is 5.12. The van der Waals surface area contributed by atoms with Gasteiger partial charge < -0.3 is 9.64 Å². The van der Waals surface area contributed by atoms with Crippen molar-refractivity contribution in [3.05, 3.63) is 24.4 Å². The highest BCUT2D eigenvalue weighted by Gasteiger charge is 2.18. The van der Waals surface area contributed by atoms with Gasteiger partial charge in [-0.15, -0.1) is 0 Å². The lowest BCUT2D eigenvalue weighted by atomic mass is 10.2. The van der Waals surface area contributed by atoms with Crippen molar-refractivity contribution in [1.29, 1.82) is 0 Å². The molecule has 1 aliphatic heterocycles. The summed E-state index contributed by atoms with van der Waals surface area (Å²) in [5.74, 6) is 1.05. The molecule has 1 aromatic heterocycles. The van der Waals surface area contributed by atoms with Crippen molar-refractivity contribution in [2.24, 2.45) is 0 Å². The van der Waals surface area contributed by atoms with Crippen LogP contribution in [0.1, 0.15) is 19.8 Å². The third-order valence-electron chi connectivity index (χ3n) is 2.80. The summed E-state index contributed by atoms with van der Waals surface area (Å²) in [7, 11) is 0. The molecule has 1 saturated heterocycles. The maximum atomic E-state index is 5.64. The van der Waals surface area contributed by atoms with Gasteiger partial charge in [-0.25, -0.2) is 4.98 Å². The van der Waals surface area contributed by atoms with Gasteiger partial charge in [0, 0.05) is 25.9 Å². The van der Waals surface area contributed by atoms with Crippen molar-refractivity contribution < 1.29 is 4.74 Å². The molecule has 2 rings (SSSR count). The molecule has 0 bridgehead atoms. The Morgan fingerprint density at radius 3 is 3.07 bits per heavy atom. The Hall–Kier alpha value is -1.09. The minimum Gasteiger partial charge on any atom is -0.376 e. The average molecular weight is 206 g/mol. The van der Waals surface area contributed by atoms with Crippen molar-refractivity contribution in [1.82, 2.24) is 4.98 Å². The molecule has 0 amide bonds. The summed E-state index contributed by atoms with van der Waals surface area (Å²) in [4.78, 5) is 6.64. The molecular formula is C12H18N2O. The summed E-state index contributed by atoms with van der Waals surface area (Å²) in [5.41, 5.74) is 0. The summed E-state index contributed by atoms with van der Waals surface area (Å²) >= 11 is 0. The highest BCUT2D eigenvalue weighted by atomic mass is 16.5. The van der Waals surface area contributed by atoms with Gasteiger partial charge in [-0.1, -0.05) is 6.07 Å². The smallest absolute Gasteiger partial charge is 0.128 e. The Balaban J connectivity index is 1.97. The topological polar surface area (TPSA) is 25.4 Å². The van der Waals surface area contributed by atoms with Gasteiger partial charge in [-0.3, -0.25) is 0 Å². The van der Waals surface area contributed by atoms with Crippen molar-refractivity contribution in [2.45, 2.75) is 25.9 Å². The zero-order valence-electron chi connectivity index (χ0n) is 9.22. The fourth-order valence-corrected chi connectivity index (χ4v) is 1.96. The SMILES string of the molecule is CCN(CC1CCCO1)c1ccccn1. The van der Waals surface area contributed by atoms with Crippen LogP contribution < -0.4 is 4.90 Å². The lowest BCUT2D eigenvalue weighted by Crippen LogP contribution is -2.32. The average Bonchev–Trinajstić information content (AvgIpc) is 2.80. The van der Waals surface area contributed by atoms with E-state index in [9.17, 15) is 0 Å². The van der Waals surface area contributed by atoms with E-state index in [1.54, 1.807) is 0 Å². The molecule has 0 N–H and O–H groups in total. The second-order valence-electron chi connectivity index (χ2n) is 3.86. The molecule has 0 saturated carbocycles. The Morgan fingerprint density at radius 2 is 2.47 bits per heavy atom. The van der Waals surface area contributed by atoms with E-state index in [1.807, 2.05) is 18.3 Å². The first-order valence-corrected chi connectivity index (χ1v) is 5.67. The van der Waals surface area contributed by atoms with Crippen LogP contribution in [0.2, 0.25) is 0 Å². The number of rotatable bonds is 4. The molecule has 1 aromatic rings. The monoisotopic (exact) mass is 206 g/mol. The number of hydrogen-bond donors (Lipinski definition) is 0. The Labute approximate surface area is 91.1 Å². The first-order chi connectivity index (χ1) is 7.40. The normalized spacial score (nSPS) is 20.5. The zero-order valence-corrected chi connectivity index (χ0v) is 9.22. The van der Waals surface area contributed by atoms with Crippen LogP contribution in [0.25, 0.3) is 0 Å². The molecule has 1 fully saturated rings. The number of pyridine rings is 1. The van der Waals surface area contributed by atoms with E-state index in [2.05, 4.69) is 22.9 Å². The Bertz CT molecular complexity index is 283. The summed E-state index contributed by atoms with van der Waals surface area (Å²) in [5, 5.41) is 0. The van der Waals surface area contributed by atoms with Gasteiger partial charge in [0.15, 0.2) is 0 Å². The second-order valence-corrected chi connectivity index (χ2v) is 3.86. The van der Waals surface area contributed by atoms with Crippen molar-refractivity contribution in [3.8, 4) is 0 Å². The number of aromatic nitrogens is 1. The number of hydrogen-bond acceptors (Lipinski definition) is 3. The molecule has 1 unspecified atom stereocenters. The number of nitrogens with zero attached hydrogens (tertiary/aromatic N) is 2. The molecular weight excluding hydrogens is 188 g/mol. The summed E-state index contributed by atoms with van der Waals surface area (Å²) in [6.07, 6.45) is 4.62. The molecule has 82 valence electrons. The molecule has 1 atom stereocenters. The van der Waals surface area contributed by atoms with E-state index in [-0.39, 0.29) is 0 Å². The van der Waals surface area contributed by atoms with Gasteiger partial charge in [0.05, 0.1) is 6.10 Å². The molecule has 3 nitrogen and oxygen atoms in total. The van der Waals surface area contributed by atoms with E-state index >= 15 is 0 Å². The summed E-state index contributed by atoms with van der Waals surface area (Å²) in [6.45, 7) is 5.03. The number of anilines is 1. The lowest BCUT2D eigenvalue weighted by Gasteiger charge is -2.24. The van der Waals surface area contributed by atoms with Crippen LogP contribution in [0.4, 0.5) is 5.82 Å². The minimum absolute atomic E-state index is 0.395. The third-order valence-corrected chi connectivity index (χ3v) is 2.80. The van der Waals surface area contributed by atoms with E-state index in [0.29, 0.717) is 6.10 Å². The van der Waals surface area contributed by atoms with Crippen LogP contribution in [0.15, 0.2) is 24.4 Å². The number of likely N-dealkylation sites (N-methyl/N-ethyl adjacent to an activating group) is 1. The van der Waals surface area contributed by atoms with Gasteiger partial charge in [0.1, 0.15) is 5.82 Å². The van der Waals surface area contributed by atoms with Gasteiger partial charge in [-0.2, -0.15) is 0 Å². The first kappa shape index (κ1) is 10.4. The fourth-order valence-electron chi connectivity index (χ4n) is 1.96. The van der Waals surface area contributed by atoms with Crippen LogP contribution >= 0.6 is 0 Å². The maximum Gasteiger partial charge on any atom is 0.128 e. The molecule has 3 heteroatoms.